The molecule has 2 aliphatic heterocycles. The molecule has 0 radical (unpaired) electrons. The van der Waals surface area contributed by atoms with Crippen LogP contribution in [0, 0.1) is 6.92 Å². The van der Waals surface area contributed by atoms with Gasteiger partial charge in [0.1, 0.15) is 0 Å². The largest absolute Gasteiger partial charge is 0.311 e. The Hall–Kier alpha value is -7.76. The normalized spacial score (nSPS) is 15.4. The maximum absolute atomic E-state index is 2.64. The average molecular weight is 1050 g/mol. The van der Waals surface area contributed by atoms with Crippen LogP contribution in [0.3, 0.4) is 0 Å². The van der Waals surface area contributed by atoms with E-state index >= 15 is 0 Å². The third-order valence-corrected chi connectivity index (χ3v) is 18.3. The van der Waals surface area contributed by atoms with Crippen LogP contribution in [0.25, 0.3) is 27.5 Å². The molecule has 400 valence electrons. The van der Waals surface area contributed by atoms with Crippen LogP contribution >= 0.6 is 0 Å². The molecule has 0 saturated heterocycles. The molecule has 80 heavy (non-hydrogen) atoms. The van der Waals surface area contributed by atoms with Crippen LogP contribution in [0.1, 0.15) is 136 Å². The number of fused-ring (bicyclic) bond motifs is 8. The highest BCUT2D eigenvalue weighted by Crippen LogP contribution is 2.51. The molecule has 5 heteroatoms. The van der Waals surface area contributed by atoms with E-state index in [1.807, 2.05) is 0 Å². The zero-order valence-electron chi connectivity index (χ0n) is 49.7. The Morgan fingerprint density at radius 2 is 0.900 bits per heavy atom. The summed E-state index contributed by atoms with van der Waals surface area (Å²) in [6.07, 6.45) is 2.31. The predicted octanol–water partition coefficient (Wildman–Crippen LogP) is 18.9. The first-order valence-electron chi connectivity index (χ1n) is 29.2. The molecule has 10 aromatic rings. The van der Waals surface area contributed by atoms with Crippen LogP contribution in [0.15, 0.2) is 188 Å². The zero-order valence-corrected chi connectivity index (χ0v) is 49.7. The summed E-state index contributed by atoms with van der Waals surface area (Å²) in [6.45, 7) is 32.9. The van der Waals surface area contributed by atoms with Gasteiger partial charge in [-0.2, -0.15) is 0 Å². The Balaban J connectivity index is 1.09. The third-order valence-electron chi connectivity index (χ3n) is 18.3. The highest BCUT2D eigenvalue weighted by Gasteiger charge is 2.45. The number of aryl methyl sites for hydroxylation is 1. The van der Waals surface area contributed by atoms with Crippen molar-refractivity contribution in [1.29, 1.82) is 0 Å². The molecule has 0 amide bonds. The Kier molecular flexibility index (Phi) is 11.7. The van der Waals surface area contributed by atoms with Crippen molar-refractivity contribution >= 4 is 96.1 Å². The second-order valence-electron chi connectivity index (χ2n) is 27.9. The van der Waals surface area contributed by atoms with Gasteiger partial charge in [0.25, 0.3) is 6.71 Å². The summed E-state index contributed by atoms with van der Waals surface area (Å²) >= 11 is 0. The van der Waals surface area contributed by atoms with Crippen LogP contribution in [0.5, 0.6) is 0 Å². The number of anilines is 9. The second-order valence-corrected chi connectivity index (χ2v) is 27.9. The van der Waals surface area contributed by atoms with Gasteiger partial charge in [-0.25, -0.2) is 0 Å². The molecule has 0 bridgehead atoms. The first kappa shape index (κ1) is 51.7. The molecule has 3 heterocycles. The number of hydrogen-bond donors (Lipinski definition) is 0. The van der Waals surface area contributed by atoms with Crippen molar-refractivity contribution in [3.63, 3.8) is 0 Å². The smallest absolute Gasteiger partial charge is 0.252 e. The van der Waals surface area contributed by atoms with Gasteiger partial charge in [0.15, 0.2) is 0 Å². The van der Waals surface area contributed by atoms with Crippen LogP contribution in [-0.2, 0) is 27.1 Å². The molecular formula is C75H77BN4. The zero-order chi connectivity index (χ0) is 56.0. The lowest BCUT2D eigenvalue weighted by molar-refractivity contribution is 0.332. The SMILES string of the molecule is Cc1cc2c3c(c1)N(c1ccc(C(C)(C)C)cc1)c1cc(C(C)(C)C)ccc1B3c1ccc(N(c3ccc(C(C)(C)C)cc3)c3ccc4c5ccccc5n(-c5ccccc5)c4c3)cc1N2c1ccc2c(c1)C(C)(C)CCC2(C)C. The van der Waals surface area contributed by atoms with Crippen LogP contribution < -0.4 is 31.1 Å². The van der Waals surface area contributed by atoms with E-state index in [9.17, 15) is 0 Å². The van der Waals surface area contributed by atoms with Gasteiger partial charge >= 0.3 is 0 Å². The van der Waals surface area contributed by atoms with Crippen molar-refractivity contribution in [3.05, 3.63) is 221 Å². The molecule has 0 saturated carbocycles. The number of benzene rings is 9. The summed E-state index contributed by atoms with van der Waals surface area (Å²) in [5.74, 6) is 0. The topological polar surface area (TPSA) is 14.7 Å². The van der Waals surface area contributed by atoms with Crippen molar-refractivity contribution in [1.82, 2.24) is 4.57 Å². The molecule has 0 N–H and O–H groups in total. The standard InChI is InChI=1S/C75H77BN4/c1-48-42-68-70-69(43-48)80(55-34-37-60-61(45-55)75(13,14)41-40-74(60,11)12)67-47-57(35-39-63(67)76(70)62-38-28-51(73(8,9)10)44-66(62)79(68)54-31-26-50(27-32-54)72(5,6)7)77(53-29-24-49(25-30-53)71(2,3)4)56-33-36-59-58-22-18-19-23-64(58)78(65(59)46-56)52-20-16-15-17-21-52/h15-39,42-47H,40-41H2,1-14H3. The van der Waals surface area contributed by atoms with E-state index in [0.29, 0.717) is 0 Å². The summed E-state index contributed by atoms with van der Waals surface area (Å²) in [5.41, 5.74) is 26.3. The van der Waals surface area contributed by atoms with Gasteiger partial charge < -0.3 is 19.3 Å². The monoisotopic (exact) mass is 1040 g/mol. The van der Waals surface area contributed by atoms with Gasteiger partial charge in [-0.05, 0) is 194 Å². The van der Waals surface area contributed by atoms with Crippen LogP contribution in [-0.4, -0.2) is 11.3 Å². The maximum atomic E-state index is 2.64. The number of nitrogens with zero attached hydrogens (tertiary/aromatic N) is 4. The van der Waals surface area contributed by atoms with Crippen molar-refractivity contribution in [2.75, 3.05) is 14.7 Å². The fourth-order valence-corrected chi connectivity index (χ4v) is 13.6. The van der Waals surface area contributed by atoms with Crippen molar-refractivity contribution in [2.45, 2.75) is 137 Å². The van der Waals surface area contributed by atoms with Gasteiger partial charge in [-0.3, -0.25) is 0 Å². The maximum Gasteiger partial charge on any atom is 0.252 e. The number of hydrogen-bond acceptors (Lipinski definition) is 3. The Labute approximate surface area is 476 Å². The molecule has 0 unspecified atom stereocenters. The van der Waals surface area contributed by atoms with E-state index in [4.69, 9.17) is 0 Å². The number of rotatable bonds is 6. The highest BCUT2D eigenvalue weighted by atomic mass is 15.2. The molecule has 0 atom stereocenters. The third kappa shape index (κ3) is 8.40. The van der Waals surface area contributed by atoms with E-state index < -0.39 is 0 Å². The molecule has 1 aliphatic carbocycles. The summed E-state index contributed by atoms with van der Waals surface area (Å²) in [4.78, 5) is 7.73. The van der Waals surface area contributed by atoms with Crippen molar-refractivity contribution < 1.29 is 0 Å². The van der Waals surface area contributed by atoms with Crippen LogP contribution in [0.2, 0.25) is 0 Å². The molecule has 3 aliphatic rings. The van der Waals surface area contributed by atoms with Gasteiger partial charge in [0.05, 0.1) is 11.0 Å². The summed E-state index contributed by atoms with van der Waals surface area (Å²) in [7, 11) is 0. The lowest BCUT2D eigenvalue weighted by Gasteiger charge is -2.46. The minimum atomic E-state index is -0.0488. The molecule has 4 nitrogen and oxygen atoms in total. The van der Waals surface area contributed by atoms with Gasteiger partial charge in [-0.1, -0.05) is 181 Å². The second kappa shape index (κ2) is 18.1. The number of aromatic nitrogens is 1. The van der Waals surface area contributed by atoms with E-state index in [2.05, 4.69) is 304 Å². The number of para-hydroxylation sites is 2. The van der Waals surface area contributed by atoms with Crippen molar-refractivity contribution in [3.8, 4) is 5.69 Å². The molecular weight excluding hydrogens is 968 g/mol. The first-order valence-corrected chi connectivity index (χ1v) is 29.2. The minimum absolute atomic E-state index is 0.00361. The fourth-order valence-electron chi connectivity index (χ4n) is 13.6. The minimum Gasteiger partial charge on any atom is -0.311 e. The Bertz CT molecular complexity index is 4080. The highest BCUT2D eigenvalue weighted by molar-refractivity contribution is 7.00. The quantitative estimate of drug-likeness (QED) is 0.154. The van der Waals surface area contributed by atoms with Gasteiger partial charge in [0.2, 0.25) is 0 Å². The molecule has 1 aromatic heterocycles. The van der Waals surface area contributed by atoms with E-state index in [1.165, 1.54) is 112 Å². The predicted molar refractivity (Wildman–Crippen MR) is 346 cm³/mol. The molecule has 0 fully saturated rings. The first-order chi connectivity index (χ1) is 38.0. The fraction of sp³-hybridized carbons (Fsp3) is 0.280. The summed E-state index contributed by atoms with van der Waals surface area (Å²) in [6, 6.07) is 72.7. The summed E-state index contributed by atoms with van der Waals surface area (Å²) in [5, 5.41) is 2.48. The average Bonchev–Trinajstić information content (AvgIpc) is 3.92. The molecule has 13 rings (SSSR count). The molecule has 0 spiro atoms. The molecule has 9 aromatic carbocycles. The van der Waals surface area contributed by atoms with Gasteiger partial charge in [0, 0.05) is 67.6 Å². The van der Waals surface area contributed by atoms with E-state index in [0.717, 1.165) is 29.2 Å². The summed E-state index contributed by atoms with van der Waals surface area (Å²) < 4.78 is 2.44. The van der Waals surface area contributed by atoms with Gasteiger partial charge in [-0.15, -0.1) is 0 Å². The Morgan fingerprint density at radius 1 is 0.400 bits per heavy atom. The van der Waals surface area contributed by atoms with Crippen molar-refractivity contribution in [2.24, 2.45) is 0 Å². The van der Waals surface area contributed by atoms with E-state index in [1.54, 1.807) is 0 Å². The van der Waals surface area contributed by atoms with E-state index in [-0.39, 0.29) is 33.8 Å². The lowest BCUT2D eigenvalue weighted by atomic mass is 9.33. The Morgan fingerprint density at radius 3 is 1.55 bits per heavy atom. The lowest BCUT2D eigenvalue weighted by Crippen LogP contribution is -2.61. The van der Waals surface area contributed by atoms with Crippen LogP contribution in [0.4, 0.5) is 51.2 Å².